The van der Waals surface area contributed by atoms with Crippen LogP contribution >= 0.6 is 22.8 Å². The van der Waals surface area contributed by atoms with Gasteiger partial charge in [0.25, 0.3) is 0 Å². The van der Waals surface area contributed by atoms with Crippen LogP contribution in [0.15, 0.2) is 0 Å². The van der Waals surface area contributed by atoms with Crippen LogP contribution in [0.4, 0.5) is 0 Å². The summed E-state index contributed by atoms with van der Waals surface area (Å²) in [7, 11) is -14.3. The third-order valence-corrected chi connectivity index (χ3v) is 7.75. The van der Waals surface area contributed by atoms with Gasteiger partial charge in [0.05, 0.1) is 0 Å². The monoisotopic (exact) mass is 821 g/mol. The molecular weight excluding hydrogens is 788 g/mol. The van der Waals surface area contributed by atoms with Crippen LogP contribution in [0.25, 0.3) is 0 Å². The molecule has 3 aliphatic rings. The molecule has 0 aromatic heterocycles. The average molecular weight is 818 g/mol. The first-order valence-electron chi connectivity index (χ1n) is 10.3. The van der Waals surface area contributed by atoms with Gasteiger partial charge in [-0.2, -0.15) is 0 Å². The molecule has 34 heavy (non-hydrogen) atoms. The van der Waals surface area contributed by atoms with Crippen molar-refractivity contribution in [2.24, 2.45) is 0 Å². The molecule has 0 saturated carbocycles. The predicted octanol–water partition coefficient (Wildman–Crippen LogP) is -5.86. The van der Waals surface area contributed by atoms with Gasteiger partial charge in [0.1, 0.15) is 0 Å². The Balaban J connectivity index is 0.00000544. The van der Waals surface area contributed by atoms with Crippen molar-refractivity contribution in [3.8, 4) is 0 Å². The average Bonchev–Trinajstić information content (AvgIpc) is 2.59. The van der Waals surface area contributed by atoms with Gasteiger partial charge in [0, 0.05) is 97.4 Å². The summed E-state index contributed by atoms with van der Waals surface area (Å²) in [6, 6.07) is 0. The Hall–Kier alpha value is 2.93. The van der Waals surface area contributed by atoms with Crippen LogP contribution in [0.2, 0.25) is 0 Å². The van der Waals surface area contributed by atoms with E-state index < -0.39 is 41.6 Å². The van der Waals surface area contributed by atoms with Crippen LogP contribution in [0.3, 0.4) is 0 Å². The molecule has 3 heterocycles. The van der Waals surface area contributed by atoms with E-state index in [1.165, 1.54) is 0 Å². The standard InChI is InChI=1S/C15H36N5O9P3.2Sm/c21-30(22,23)13-18-7-1-16-2-8-19(14-31(24,25)26)11-5-17(4-10-18)6-12-20(9-3-16)15-32(27,28)29;;/h1-15H2,(H2,21,22,23)(H2,24,25,26)(H2,27,28,29);;/q;2*+3/p-6. The predicted molar refractivity (Wildman–Crippen MR) is 105 cm³/mol. The molecule has 0 amide bonds. The molecule has 3 fully saturated rings. The van der Waals surface area contributed by atoms with Gasteiger partial charge in [-0.3, -0.25) is 24.5 Å². The van der Waals surface area contributed by atoms with E-state index in [4.69, 9.17) is 0 Å². The number of fused-ring (bicyclic) bond motifs is 12. The summed E-state index contributed by atoms with van der Waals surface area (Å²) in [5.74, 6) is 0. The molecule has 0 atom stereocenters. The van der Waals surface area contributed by atoms with Crippen LogP contribution in [0, 0.1) is 80.8 Å². The summed E-state index contributed by atoms with van der Waals surface area (Å²) in [5, 5.41) is 0. The van der Waals surface area contributed by atoms with Gasteiger partial charge in [-0.25, -0.2) is 0 Å². The zero-order valence-electron chi connectivity index (χ0n) is 18.7. The molecular formula is C15H30N5O9P3Sm2. The van der Waals surface area contributed by atoms with Gasteiger partial charge in [0.2, 0.25) is 0 Å². The zero-order chi connectivity index (χ0) is 24.0. The topological polar surface area (TPSA) is 206 Å². The van der Waals surface area contributed by atoms with Gasteiger partial charge in [-0.1, -0.05) is 22.8 Å². The number of hydrogen-bond donors (Lipinski definition) is 0. The molecule has 19 heteroatoms. The molecule has 14 nitrogen and oxygen atoms in total. The van der Waals surface area contributed by atoms with E-state index in [1.54, 1.807) is 14.7 Å². The van der Waals surface area contributed by atoms with E-state index in [0.29, 0.717) is 39.3 Å². The van der Waals surface area contributed by atoms with Crippen molar-refractivity contribution in [3.05, 3.63) is 0 Å². The van der Waals surface area contributed by atoms with Gasteiger partial charge >= 0.3 is 80.8 Å². The summed E-state index contributed by atoms with van der Waals surface area (Å²) in [6.07, 6.45) is -1.80. The molecule has 0 aliphatic carbocycles. The van der Waals surface area contributed by atoms with E-state index in [-0.39, 0.29) is 120 Å². The molecule has 196 valence electrons. The summed E-state index contributed by atoms with van der Waals surface area (Å²) in [4.78, 5) is 76.3. The van der Waals surface area contributed by atoms with E-state index in [9.17, 15) is 43.1 Å². The molecule has 0 spiro atoms. The van der Waals surface area contributed by atoms with Crippen molar-refractivity contribution >= 4 is 22.8 Å². The van der Waals surface area contributed by atoms with Crippen molar-refractivity contribution in [2.45, 2.75) is 0 Å². The summed E-state index contributed by atoms with van der Waals surface area (Å²) < 4.78 is 33.9. The fraction of sp³-hybridized carbons (Fsp3) is 1.00. The largest absolute Gasteiger partial charge is 3.00 e. The summed E-state index contributed by atoms with van der Waals surface area (Å²) in [6.45, 7) is 3.70. The minimum atomic E-state index is -4.76. The Labute approximate surface area is 265 Å². The molecule has 3 rings (SSSR count). The number of nitrogens with zero attached hydrogens (tertiary/aromatic N) is 5. The number of rotatable bonds is 6. The first-order chi connectivity index (χ1) is 14.7. The SMILES string of the molecule is O=P([O-])([O-])CN1CCN2CCN(CP(=O)([O-])[O-])CCN(CC1)CCN(CP(=O)([O-])[O-])CC2.[Sm+3].[Sm+3]. The van der Waals surface area contributed by atoms with Crippen molar-refractivity contribution in [1.82, 2.24) is 24.5 Å². The maximum absolute atomic E-state index is 11.3. The molecule has 0 N–H and O–H groups in total. The second-order valence-corrected chi connectivity index (χ2v) is 12.8. The van der Waals surface area contributed by atoms with Crippen molar-refractivity contribution in [3.63, 3.8) is 0 Å². The minimum absolute atomic E-state index is 0. The molecule has 2 bridgehead atoms. The molecule has 3 saturated heterocycles. The van der Waals surface area contributed by atoms with E-state index in [2.05, 4.69) is 0 Å². The Morgan fingerprint density at radius 2 is 0.588 bits per heavy atom. The van der Waals surface area contributed by atoms with E-state index >= 15 is 0 Å². The molecule has 0 unspecified atom stereocenters. The third kappa shape index (κ3) is 17.5. The maximum Gasteiger partial charge on any atom is 3.00 e. The first-order valence-corrected chi connectivity index (χ1v) is 15.5. The van der Waals surface area contributed by atoms with E-state index in [0.717, 1.165) is 0 Å². The zero-order valence-corrected chi connectivity index (χ0v) is 26.6. The minimum Gasteiger partial charge on any atom is -0.810 e. The molecule has 0 aromatic carbocycles. The van der Waals surface area contributed by atoms with Crippen molar-refractivity contribution in [2.75, 3.05) is 97.4 Å². The van der Waals surface area contributed by atoms with Gasteiger partial charge in [0.15, 0.2) is 0 Å². The molecule has 0 aromatic rings. The van der Waals surface area contributed by atoms with E-state index in [1.807, 2.05) is 9.80 Å². The van der Waals surface area contributed by atoms with Gasteiger partial charge in [-0.15, -0.1) is 0 Å². The smallest absolute Gasteiger partial charge is 0.810 e. The fourth-order valence-electron chi connectivity index (χ4n) is 3.86. The van der Waals surface area contributed by atoms with Crippen molar-refractivity contribution in [1.29, 1.82) is 0 Å². The summed E-state index contributed by atoms with van der Waals surface area (Å²) >= 11 is 0. The van der Waals surface area contributed by atoms with Crippen molar-refractivity contribution < 1.29 is 124 Å². The third-order valence-electron chi connectivity index (χ3n) is 5.51. The Bertz CT molecular complexity index is 621. The van der Waals surface area contributed by atoms with Gasteiger partial charge in [-0.05, 0) is 0 Å². The quantitative estimate of drug-likeness (QED) is 0.229. The Morgan fingerprint density at radius 3 is 0.735 bits per heavy atom. The Kier molecular flexibility index (Phi) is 18.4. The Morgan fingerprint density at radius 1 is 0.412 bits per heavy atom. The van der Waals surface area contributed by atoms with Crippen LogP contribution in [-0.2, 0) is 13.7 Å². The second kappa shape index (κ2) is 16.9. The van der Waals surface area contributed by atoms with Gasteiger partial charge < -0.3 is 43.1 Å². The normalized spacial score (nSPS) is 25.6. The van der Waals surface area contributed by atoms with Crippen LogP contribution in [-0.4, -0.2) is 122 Å². The molecule has 2 radical (unpaired) electrons. The van der Waals surface area contributed by atoms with Crippen LogP contribution < -0.4 is 29.4 Å². The first kappa shape index (κ1) is 36.9. The molecule has 3 aliphatic heterocycles. The van der Waals surface area contributed by atoms with Crippen LogP contribution in [0.1, 0.15) is 0 Å². The van der Waals surface area contributed by atoms with Crippen LogP contribution in [0.5, 0.6) is 0 Å². The number of hydrogen-bond acceptors (Lipinski definition) is 14. The summed E-state index contributed by atoms with van der Waals surface area (Å²) in [5.41, 5.74) is 0. The fourth-order valence-corrected chi connectivity index (χ4v) is 6.18. The second-order valence-electron chi connectivity index (χ2n) is 8.29. The maximum atomic E-state index is 11.3.